The predicted octanol–water partition coefficient (Wildman–Crippen LogP) is 1.21. The van der Waals surface area contributed by atoms with Crippen LogP contribution in [0, 0.1) is 0 Å². The van der Waals surface area contributed by atoms with Crippen LogP contribution in [-0.2, 0) is 9.36 Å². The van der Waals surface area contributed by atoms with Crippen molar-refractivity contribution in [2.24, 2.45) is 0 Å². The minimum atomic E-state index is -0.146. The number of rotatable bonds is 1. The van der Waals surface area contributed by atoms with Gasteiger partial charge in [-0.05, 0) is 12.8 Å². The molecular weight excluding hydrogens is 137 g/mol. The van der Waals surface area contributed by atoms with Gasteiger partial charge in [0.25, 0.3) is 8.61 Å². The molecule has 0 unspecified atom stereocenters. The molecule has 0 bridgehead atoms. The molecule has 0 N–H and O–H groups in total. The van der Waals surface area contributed by atoms with Crippen molar-refractivity contribution in [2.45, 2.75) is 19.3 Å². The van der Waals surface area contributed by atoms with Gasteiger partial charge in [-0.25, -0.2) is 4.57 Å². The Morgan fingerprint density at radius 3 is 2.67 bits per heavy atom. The topological polar surface area (TPSA) is 37.4 Å². The van der Waals surface area contributed by atoms with Crippen molar-refractivity contribution < 1.29 is 9.36 Å². The summed E-state index contributed by atoms with van der Waals surface area (Å²) >= 11 is 0. The summed E-state index contributed by atoms with van der Waals surface area (Å²) in [6.45, 7) is 0.657. The highest BCUT2D eigenvalue weighted by molar-refractivity contribution is 7.21. The van der Waals surface area contributed by atoms with Crippen LogP contribution in [-0.4, -0.2) is 17.1 Å². The maximum absolute atomic E-state index is 10.7. The molecule has 1 amide bonds. The summed E-state index contributed by atoms with van der Waals surface area (Å²) in [6, 6.07) is 0. The number of hydrogen-bond acceptors (Lipinski definition) is 2. The summed E-state index contributed by atoms with van der Waals surface area (Å²) in [7, 11) is -0.146. The second kappa shape index (κ2) is 2.92. The predicted molar refractivity (Wildman–Crippen MR) is 33.2 cm³/mol. The van der Waals surface area contributed by atoms with Crippen LogP contribution >= 0.6 is 8.61 Å². The molecular formula is C5H8NO2P. The van der Waals surface area contributed by atoms with Crippen LogP contribution in [0.5, 0.6) is 0 Å². The average Bonchev–Trinajstić information content (AvgIpc) is 1.89. The van der Waals surface area contributed by atoms with Crippen molar-refractivity contribution >= 4 is 14.5 Å². The zero-order valence-electron chi connectivity index (χ0n) is 5.04. The molecule has 3 nitrogen and oxygen atoms in total. The number of piperidine rings is 1. The molecule has 0 spiro atoms. The van der Waals surface area contributed by atoms with Crippen molar-refractivity contribution in [3.8, 4) is 0 Å². The van der Waals surface area contributed by atoms with Gasteiger partial charge in [-0.2, -0.15) is 0 Å². The highest BCUT2D eigenvalue weighted by atomic mass is 31.1. The van der Waals surface area contributed by atoms with Crippen molar-refractivity contribution in [2.75, 3.05) is 6.54 Å². The third-order valence-electron chi connectivity index (χ3n) is 1.40. The molecule has 0 saturated carbocycles. The summed E-state index contributed by atoms with van der Waals surface area (Å²) in [6.07, 6.45) is 2.50. The fourth-order valence-corrected chi connectivity index (χ4v) is 1.29. The molecule has 1 fully saturated rings. The number of amides is 1. The molecule has 9 heavy (non-hydrogen) atoms. The molecule has 0 aliphatic carbocycles. The fraction of sp³-hybridized carbons (Fsp3) is 0.800. The standard InChI is InChI=1S/C5H8NO2P/c7-5-3-1-2-4-6(5)9-8/h1-4H2. The van der Waals surface area contributed by atoms with E-state index in [0.717, 1.165) is 12.8 Å². The Bertz CT molecular complexity index is 137. The van der Waals surface area contributed by atoms with E-state index in [1.165, 1.54) is 4.67 Å². The van der Waals surface area contributed by atoms with Crippen molar-refractivity contribution in [3.63, 3.8) is 0 Å². The van der Waals surface area contributed by atoms with E-state index in [4.69, 9.17) is 0 Å². The van der Waals surface area contributed by atoms with E-state index in [1.807, 2.05) is 0 Å². The van der Waals surface area contributed by atoms with Crippen LogP contribution < -0.4 is 0 Å². The van der Waals surface area contributed by atoms with Gasteiger partial charge in [0.1, 0.15) is 0 Å². The smallest absolute Gasteiger partial charge is 0.274 e. The molecule has 4 heteroatoms. The molecule has 0 aromatic heterocycles. The first-order valence-electron chi connectivity index (χ1n) is 2.98. The van der Waals surface area contributed by atoms with Gasteiger partial charge in [-0.15, -0.1) is 0 Å². The molecule has 1 aliphatic rings. The molecule has 0 atom stereocenters. The molecule has 0 radical (unpaired) electrons. The zero-order valence-corrected chi connectivity index (χ0v) is 5.93. The molecule has 0 aromatic rings. The molecule has 1 aliphatic heterocycles. The average molecular weight is 145 g/mol. The summed E-state index contributed by atoms with van der Waals surface area (Å²) in [5, 5.41) is 0. The number of nitrogens with zero attached hydrogens (tertiary/aromatic N) is 1. The largest absolute Gasteiger partial charge is 0.284 e. The third-order valence-corrected chi connectivity index (χ3v) is 2.02. The van der Waals surface area contributed by atoms with Crippen LogP contribution in [0.3, 0.4) is 0 Å². The van der Waals surface area contributed by atoms with Crippen molar-refractivity contribution in [3.05, 3.63) is 0 Å². The van der Waals surface area contributed by atoms with Crippen LogP contribution in [0.25, 0.3) is 0 Å². The molecule has 50 valence electrons. The number of carbonyl (C=O) groups is 1. The van der Waals surface area contributed by atoms with Gasteiger partial charge in [0.15, 0.2) is 0 Å². The lowest BCUT2D eigenvalue weighted by Gasteiger charge is -2.18. The van der Waals surface area contributed by atoms with Gasteiger partial charge in [-0.1, -0.05) is 0 Å². The lowest BCUT2D eigenvalue weighted by Crippen LogP contribution is -2.26. The Morgan fingerprint density at radius 1 is 1.44 bits per heavy atom. The van der Waals surface area contributed by atoms with Gasteiger partial charge in [0.05, 0.1) is 0 Å². The minimum absolute atomic E-state index is 0.0120. The molecule has 1 rings (SSSR count). The van der Waals surface area contributed by atoms with E-state index in [1.54, 1.807) is 0 Å². The molecule has 0 aromatic carbocycles. The van der Waals surface area contributed by atoms with E-state index in [2.05, 4.69) is 0 Å². The maximum atomic E-state index is 10.7. The van der Waals surface area contributed by atoms with E-state index >= 15 is 0 Å². The van der Waals surface area contributed by atoms with E-state index in [9.17, 15) is 9.36 Å². The minimum Gasteiger partial charge on any atom is -0.274 e. The van der Waals surface area contributed by atoms with Crippen LogP contribution in [0.15, 0.2) is 0 Å². The SMILES string of the molecule is O=PN1CCCCC1=O. The maximum Gasteiger partial charge on any atom is 0.284 e. The highest BCUT2D eigenvalue weighted by Crippen LogP contribution is 2.16. The van der Waals surface area contributed by atoms with E-state index in [0.29, 0.717) is 13.0 Å². The second-order valence-electron chi connectivity index (χ2n) is 2.06. The molecule has 1 saturated heterocycles. The Kier molecular flexibility index (Phi) is 2.17. The fourth-order valence-electron chi connectivity index (χ4n) is 0.878. The van der Waals surface area contributed by atoms with Crippen molar-refractivity contribution in [1.82, 2.24) is 4.67 Å². The van der Waals surface area contributed by atoms with Crippen LogP contribution in [0.4, 0.5) is 0 Å². The summed E-state index contributed by atoms with van der Waals surface area (Å²) < 4.78 is 11.5. The van der Waals surface area contributed by atoms with Gasteiger partial charge in [0, 0.05) is 13.0 Å². The van der Waals surface area contributed by atoms with Crippen LogP contribution in [0.1, 0.15) is 19.3 Å². The second-order valence-corrected chi connectivity index (χ2v) is 2.70. The van der Waals surface area contributed by atoms with Gasteiger partial charge in [-0.3, -0.25) is 9.46 Å². The first-order chi connectivity index (χ1) is 4.34. The number of carbonyl (C=O) groups excluding carboxylic acids is 1. The summed E-state index contributed by atoms with van der Waals surface area (Å²) in [5.41, 5.74) is 0. The lowest BCUT2D eigenvalue weighted by molar-refractivity contribution is -0.127. The summed E-state index contributed by atoms with van der Waals surface area (Å²) in [4.78, 5) is 10.7. The van der Waals surface area contributed by atoms with Crippen LogP contribution in [0.2, 0.25) is 0 Å². The Hall–Kier alpha value is -0.430. The van der Waals surface area contributed by atoms with Gasteiger partial charge >= 0.3 is 0 Å². The monoisotopic (exact) mass is 145 g/mol. The zero-order chi connectivity index (χ0) is 6.69. The summed E-state index contributed by atoms with van der Waals surface area (Å²) in [5.74, 6) is 0.0120. The van der Waals surface area contributed by atoms with Gasteiger partial charge < -0.3 is 0 Å². The normalized spacial score (nSPS) is 20.9. The third kappa shape index (κ3) is 1.49. The van der Waals surface area contributed by atoms with Crippen molar-refractivity contribution in [1.29, 1.82) is 0 Å². The Balaban J connectivity index is 2.48. The van der Waals surface area contributed by atoms with E-state index < -0.39 is 0 Å². The Labute approximate surface area is 55.3 Å². The Morgan fingerprint density at radius 2 is 2.22 bits per heavy atom. The lowest BCUT2D eigenvalue weighted by atomic mass is 10.2. The van der Waals surface area contributed by atoms with Gasteiger partial charge in [0.2, 0.25) is 5.91 Å². The number of hydrogen-bond donors (Lipinski definition) is 0. The first-order valence-corrected chi connectivity index (χ1v) is 3.75. The molecule has 1 heterocycles. The van der Waals surface area contributed by atoms with E-state index in [-0.39, 0.29) is 14.5 Å². The first kappa shape index (κ1) is 6.69. The quantitative estimate of drug-likeness (QED) is 0.520. The highest BCUT2D eigenvalue weighted by Gasteiger charge is 2.16.